The molecule has 0 bridgehead atoms. The minimum Gasteiger partial charge on any atom is -0.490 e. The van der Waals surface area contributed by atoms with Gasteiger partial charge < -0.3 is 23.6 Å². The number of hydrogen-bond donors (Lipinski definition) is 0. The molecule has 0 aliphatic heterocycles. The molecule has 8 nitrogen and oxygen atoms in total. The van der Waals surface area contributed by atoms with E-state index in [9.17, 15) is 9.59 Å². The smallest absolute Gasteiger partial charge is 0.410 e. The van der Waals surface area contributed by atoms with Crippen molar-refractivity contribution >= 4 is 12.1 Å². The Labute approximate surface area is 229 Å². The van der Waals surface area contributed by atoms with Gasteiger partial charge in [0.25, 0.3) is 0 Å². The summed E-state index contributed by atoms with van der Waals surface area (Å²) < 4.78 is 22.9. The van der Waals surface area contributed by atoms with Gasteiger partial charge in [-0.15, -0.1) is 0 Å². The normalized spacial score (nSPS) is 19.1. The van der Waals surface area contributed by atoms with Crippen molar-refractivity contribution in [2.75, 3.05) is 7.05 Å². The summed E-state index contributed by atoms with van der Waals surface area (Å²) in [6.07, 6.45) is 6.19. The molecule has 0 radical (unpaired) electrons. The third-order valence-corrected chi connectivity index (χ3v) is 7.85. The number of aryl methyl sites for hydroxylation is 1. The van der Waals surface area contributed by atoms with Crippen LogP contribution in [0.15, 0.2) is 59.1 Å². The summed E-state index contributed by atoms with van der Waals surface area (Å²) >= 11 is 0. The molecule has 1 amide bonds. The molecule has 5 rings (SSSR count). The summed E-state index contributed by atoms with van der Waals surface area (Å²) in [6, 6.07) is 17.5. The van der Waals surface area contributed by atoms with Crippen LogP contribution in [-0.4, -0.2) is 41.3 Å². The van der Waals surface area contributed by atoms with Crippen molar-refractivity contribution < 1.29 is 28.3 Å². The standard InChI is InChI=1S/C31H36N2O6/c1-21-28(20-37-31(35)33(2)25-10-6-7-11-25)29(39-32-21)23-12-15-26(16-13-23)38-27-17-14-24(18-27)30(34)36-19-22-8-4-3-5-9-22/h3-5,8-9,12-13,15-16,24-25,27H,6-7,10-11,14,17-20H2,1-2H3/t24-,27-/m1/s1. The molecule has 3 aromatic rings. The molecular weight excluding hydrogens is 496 g/mol. The Morgan fingerprint density at radius 3 is 2.44 bits per heavy atom. The van der Waals surface area contributed by atoms with Crippen LogP contribution in [0.1, 0.15) is 61.8 Å². The molecule has 2 aliphatic carbocycles. The number of benzene rings is 2. The SMILES string of the molecule is Cc1noc(-c2ccc(O[C@@H]3CC[C@@H](C(=O)OCc4ccccc4)C3)cc2)c1COC(=O)N(C)C1CCCC1. The van der Waals surface area contributed by atoms with E-state index in [4.69, 9.17) is 18.7 Å². The topological polar surface area (TPSA) is 91.1 Å². The maximum Gasteiger partial charge on any atom is 0.410 e. The van der Waals surface area contributed by atoms with Crippen LogP contribution in [0.4, 0.5) is 4.79 Å². The molecule has 2 saturated carbocycles. The molecule has 0 N–H and O–H groups in total. The zero-order chi connectivity index (χ0) is 27.2. The lowest BCUT2D eigenvalue weighted by Crippen LogP contribution is -2.35. The van der Waals surface area contributed by atoms with Crippen LogP contribution >= 0.6 is 0 Å². The number of rotatable bonds is 9. The average Bonchev–Trinajstić information content (AvgIpc) is 3.73. The van der Waals surface area contributed by atoms with Crippen molar-refractivity contribution in [1.82, 2.24) is 10.1 Å². The largest absolute Gasteiger partial charge is 0.490 e. The molecule has 0 saturated heterocycles. The Balaban J connectivity index is 1.13. The van der Waals surface area contributed by atoms with Crippen molar-refractivity contribution in [2.45, 2.75) is 77.2 Å². The number of amides is 1. The molecule has 2 aliphatic rings. The van der Waals surface area contributed by atoms with Gasteiger partial charge in [0.2, 0.25) is 0 Å². The van der Waals surface area contributed by atoms with Gasteiger partial charge in [0.1, 0.15) is 19.0 Å². The van der Waals surface area contributed by atoms with Crippen LogP contribution in [0.25, 0.3) is 11.3 Å². The van der Waals surface area contributed by atoms with Crippen LogP contribution < -0.4 is 4.74 Å². The first-order valence-corrected chi connectivity index (χ1v) is 13.8. The monoisotopic (exact) mass is 532 g/mol. The summed E-state index contributed by atoms with van der Waals surface area (Å²) in [4.78, 5) is 26.8. The second kappa shape index (κ2) is 12.4. The van der Waals surface area contributed by atoms with E-state index >= 15 is 0 Å². The number of carbonyl (C=O) groups excluding carboxylic acids is 2. The molecule has 2 fully saturated rings. The van der Waals surface area contributed by atoms with Crippen LogP contribution in [-0.2, 0) is 27.5 Å². The minimum atomic E-state index is -0.323. The molecule has 0 spiro atoms. The minimum absolute atomic E-state index is 0.0375. The van der Waals surface area contributed by atoms with Gasteiger partial charge >= 0.3 is 12.1 Å². The van der Waals surface area contributed by atoms with Gasteiger partial charge in [0.05, 0.1) is 23.3 Å². The van der Waals surface area contributed by atoms with Gasteiger partial charge in [-0.2, -0.15) is 0 Å². The second-order valence-corrected chi connectivity index (χ2v) is 10.5. The molecule has 39 heavy (non-hydrogen) atoms. The average molecular weight is 533 g/mol. The third-order valence-electron chi connectivity index (χ3n) is 7.85. The number of esters is 1. The van der Waals surface area contributed by atoms with E-state index in [2.05, 4.69) is 5.16 Å². The number of ether oxygens (including phenoxy) is 3. The quantitative estimate of drug-likeness (QED) is 0.292. The second-order valence-electron chi connectivity index (χ2n) is 10.5. The van der Waals surface area contributed by atoms with Gasteiger partial charge in [-0.05, 0) is 68.9 Å². The number of aromatic nitrogens is 1. The van der Waals surface area contributed by atoms with Crippen molar-refractivity contribution in [3.63, 3.8) is 0 Å². The maximum atomic E-state index is 12.6. The van der Waals surface area contributed by atoms with E-state index in [-0.39, 0.29) is 36.7 Å². The lowest BCUT2D eigenvalue weighted by atomic mass is 10.1. The van der Waals surface area contributed by atoms with E-state index in [1.165, 1.54) is 0 Å². The zero-order valence-electron chi connectivity index (χ0n) is 22.6. The predicted molar refractivity (Wildman–Crippen MR) is 145 cm³/mol. The van der Waals surface area contributed by atoms with Gasteiger partial charge in [0.15, 0.2) is 5.76 Å². The molecule has 206 valence electrons. The Hall–Kier alpha value is -3.81. The first kappa shape index (κ1) is 26.8. The van der Waals surface area contributed by atoms with Crippen LogP contribution in [0.3, 0.4) is 0 Å². The fourth-order valence-corrected chi connectivity index (χ4v) is 5.45. The highest BCUT2D eigenvalue weighted by atomic mass is 16.6. The Kier molecular flexibility index (Phi) is 8.49. The van der Waals surface area contributed by atoms with E-state index in [1.54, 1.807) is 11.9 Å². The van der Waals surface area contributed by atoms with Gasteiger partial charge in [0, 0.05) is 18.7 Å². The van der Waals surface area contributed by atoms with Gasteiger partial charge in [-0.1, -0.05) is 48.3 Å². The predicted octanol–water partition coefficient (Wildman–Crippen LogP) is 6.45. The number of carbonyl (C=O) groups is 2. The lowest BCUT2D eigenvalue weighted by Gasteiger charge is -2.23. The van der Waals surface area contributed by atoms with Crippen molar-refractivity contribution in [3.05, 3.63) is 71.4 Å². The third kappa shape index (κ3) is 6.61. The highest BCUT2D eigenvalue weighted by molar-refractivity contribution is 5.73. The molecule has 1 aromatic heterocycles. The summed E-state index contributed by atoms with van der Waals surface area (Å²) in [5, 5.41) is 4.10. The summed E-state index contributed by atoms with van der Waals surface area (Å²) in [6.45, 7) is 2.24. The van der Waals surface area contributed by atoms with Gasteiger partial charge in [-0.3, -0.25) is 4.79 Å². The van der Waals surface area contributed by atoms with Gasteiger partial charge in [-0.25, -0.2) is 4.79 Å². The molecule has 2 aromatic carbocycles. The lowest BCUT2D eigenvalue weighted by molar-refractivity contribution is -0.149. The molecule has 1 heterocycles. The fourth-order valence-electron chi connectivity index (χ4n) is 5.45. The fraction of sp³-hybridized carbons (Fsp3) is 0.452. The van der Waals surface area contributed by atoms with E-state index in [0.717, 1.165) is 61.0 Å². The molecule has 0 unspecified atom stereocenters. The first-order chi connectivity index (χ1) is 19.0. The van der Waals surface area contributed by atoms with Crippen LogP contribution in [0.5, 0.6) is 5.75 Å². The van der Waals surface area contributed by atoms with Crippen LogP contribution in [0, 0.1) is 12.8 Å². The number of nitrogens with zero attached hydrogens (tertiary/aromatic N) is 2. The first-order valence-electron chi connectivity index (χ1n) is 13.8. The zero-order valence-corrected chi connectivity index (χ0v) is 22.6. The molecular formula is C31H36N2O6. The summed E-state index contributed by atoms with van der Waals surface area (Å²) in [5.41, 5.74) is 3.26. The Morgan fingerprint density at radius 2 is 1.69 bits per heavy atom. The maximum absolute atomic E-state index is 12.6. The summed E-state index contributed by atoms with van der Waals surface area (Å²) in [5.74, 6) is 0.999. The Morgan fingerprint density at radius 1 is 0.949 bits per heavy atom. The number of hydrogen-bond acceptors (Lipinski definition) is 7. The van der Waals surface area contributed by atoms with E-state index in [0.29, 0.717) is 24.5 Å². The Bertz CT molecular complexity index is 1250. The van der Waals surface area contributed by atoms with E-state index in [1.807, 2.05) is 61.5 Å². The highest BCUT2D eigenvalue weighted by Gasteiger charge is 2.32. The van der Waals surface area contributed by atoms with Crippen molar-refractivity contribution in [3.8, 4) is 17.1 Å². The van der Waals surface area contributed by atoms with E-state index < -0.39 is 0 Å². The molecule has 8 heteroatoms. The highest BCUT2D eigenvalue weighted by Crippen LogP contribution is 2.33. The van der Waals surface area contributed by atoms with Crippen LogP contribution in [0.2, 0.25) is 0 Å². The molecule has 2 atom stereocenters. The summed E-state index contributed by atoms with van der Waals surface area (Å²) in [7, 11) is 1.80. The van der Waals surface area contributed by atoms with Crippen molar-refractivity contribution in [2.24, 2.45) is 5.92 Å². The van der Waals surface area contributed by atoms with Crippen molar-refractivity contribution in [1.29, 1.82) is 0 Å².